The highest BCUT2D eigenvalue weighted by Gasteiger charge is 2.30. The number of anilines is 1. The van der Waals surface area contributed by atoms with Crippen molar-refractivity contribution < 1.29 is 0 Å². The lowest BCUT2D eigenvalue weighted by Gasteiger charge is -2.44. The largest absolute Gasteiger partial charge is 0.351 e. The molecule has 1 aliphatic heterocycles. The van der Waals surface area contributed by atoms with E-state index in [-0.39, 0.29) is 0 Å². The molecule has 0 amide bonds. The minimum atomic E-state index is 0.427. The highest BCUT2D eigenvalue weighted by molar-refractivity contribution is 5.50. The average Bonchev–Trinajstić information content (AvgIpc) is 2.55. The van der Waals surface area contributed by atoms with E-state index in [1.807, 2.05) is 0 Å². The Labute approximate surface area is 125 Å². The summed E-state index contributed by atoms with van der Waals surface area (Å²) in [5.74, 6) is 0.727. The molecule has 0 radical (unpaired) electrons. The molecule has 5 heteroatoms. The standard InChI is InChI=1S/C16H21N5/c1-13-12-20(16-15(11-17)18-7-8-19-16)9-10-21(13)14-5-3-2-4-6-14/h3,5,7-8,13-14H,2,4,6,9-10,12H2,1H3/t13-,14-/m0/s1. The van der Waals surface area contributed by atoms with E-state index < -0.39 is 0 Å². The second kappa shape index (κ2) is 6.23. The number of nitrogens with zero attached hydrogens (tertiary/aromatic N) is 5. The molecule has 110 valence electrons. The van der Waals surface area contributed by atoms with Gasteiger partial charge in [-0.15, -0.1) is 0 Å². The summed E-state index contributed by atoms with van der Waals surface area (Å²) in [4.78, 5) is 13.2. The first-order valence-electron chi connectivity index (χ1n) is 7.68. The number of hydrogen-bond donors (Lipinski definition) is 0. The smallest absolute Gasteiger partial charge is 0.183 e. The first-order chi connectivity index (χ1) is 10.3. The second-order valence-electron chi connectivity index (χ2n) is 5.80. The summed E-state index contributed by atoms with van der Waals surface area (Å²) in [7, 11) is 0. The number of nitriles is 1. The maximum atomic E-state index is 9.17. The molecule has 1 aliphatic carbocycles. The predicted octanol–water partition coefficient (Wildman–Crippen LogP) is 1.97. The van der Waals surface area contributed by atoms with Gasteiger partial charge in [0.2, 0.25) is 0 Å². The molecule has 0 N–H and O–H groups in total. The van der Waals surface area contributed by atoms with Crippen molar-refractivity contribution in [3.63, 3.8) is 0 Å². The van der Waals surface area contributed by atoms with Crippen molar-refractivity contribution in [3.8, 4) is 6.07 Å². The molecule has 1 saturated heterocycles. The van der Waals surface area contributed by atoms with Crippen LogP contribution >= 0.6 is 0 Å². The molecular formula is C16H21N5. The van der Waals surface area contributed by atoms with Crippen LogP contribution in [0.3, 0.4) is 0 Å². The molecular weight excluding hydrogens is 262 g/mol. The van der Waals surface area contributed by atoms with Gasteiger partial charge in [-0.05, 0) is 26.2 Å². The van der Waals surface area contributed by atoms with Gasteiger partial charge in [-0.25, -0.2) is 9.97 Å². The predicted molar refractivity (Wildman–Crippen MR) is 81.9 cm³/mol. The summed E-state index contributed by atoms with van der Waals surface area (Å²) in [6.07, 6.45) is 11.7. The topological polar surface area (TPSA) is 56.1 Å². The van der Waals surface area contributed by atoms with Crippen LogP contribution in [0.25, 0.3) is 0 Å². The number of hydrogen-bond acceptors (Lipinski definition) is 5. The Kier molecular flexibility index (Phi) is 4.16. The third kappa shape index (κ3) is 2.91. The van der Waals surface area contributed by atoms with E-state index in [0.717, 1.165) is 25.5 Å². The number of piperazine rings is 1. The van der Waals surface area contributed by atoms with Crippen molar-refractivity contribution in [2.24, 2.45) is 0 Å². The molecule has 2 atom stereocenters. The summed E-state index contributed by atoms with van der Waals surface area (Å²) in [5.41, 5.74) is 0.427. The maximum Gasteiger partial charge on any atom is 0.183 e. The first-order valence-corrected chi connectivity index (χ1v) is 7.68. The zero-order valence-electron chi connectivity index (χ0n) is 12.4. The quantitative estimate of drug-likeness (QED) is 0.777. The van der Waals surface area contributed by atoms with E-state index in [0.29, 0.717) is 17.8 Å². The Morgan fingerprint density at radius 1 is 1.29 bits per heavy atom. The summed E-state index contributed by atoms with van der Waals surface area (Å²) in [6, 6.07) is 3.18. The van der Waals surface area contributed by atoms with E-state index in [2.05, 4.69) is 44.9 Å². The third-order valence-corrected chi connectivity index (χ3v) is 4.42. The molecule has 3 rings (SSSR count). The minimum absolute atomic E-state index is 0.427. The highest BCUT2D eigenvalue weighted by atomic mass is 15.3. The first kappa shape index (κ1) is 14.0. The molecule has 1 fully saturated rings. The molecule has 0 saturated carbocycles. The fraction of sp³-hybridized carbons (Fsp3) is 0.562. The monoisotopic (exact) mass is 283 g/mol. The molecule has 5 nitrogen and oxygen atoms in total. The fourth-order valence-electron chi connectivity index (χ4n) is 3.37. The van der Waals surface area contributed by atoms with Crippen molar-refractivity contribution >= 4 is 5.82 Å². The Bertz CT molecular complexity index is 562. The summed E-state index contributed by atoms with van der Waals surface area (Å²) in [6.45, 7) is 5.08. The summed E-state index contributed by atoms with van der Waals surface area (Å²) < 4.78 is 0. The zero-order valence-corrected chi connectivity index (χ0v) is 12.4. The fourth-order valence-corrected chi connectivity index (χ4v) is 3.37. The van der Waals surface area contributed by atoms with Gasteiger partial charge in [-0.2, -0.15) is 5.26 Å². The third-order valence-electron chi connectivity index (χ3n) is 4.42. The lowest BCUT2D eigenvalue weighted by atomic mass is 9.99. The van der Waals surface area contributed by atoms with Gasteiger partial charge >= 0.3 is 0 Å². The molecule has 2 aliphatic rings. The number of allylic oxidation sites excluding steroid dienone is 1. The second-order valence-corrected chi connectivity index (χ2v) is 5.80. The Balaban J connectivity index is 1.72. The van der Waals surface area contributed by atoms with Crippen LogP contribution in [-0.4, -0.2) is 46.6 Å². The maximum absolute atomic E-state index is 9.17. The van der Waals surface area contributed by atoms with Crippen LogP contribution in [0.4, 0.5) is 5.82 Å². The van der Waals surface area contributed by atoms with Crippen LogP contribution in [0.1, 0.15) is 31.9 Å². The van der Waals surface area contributed by atoms with E-state index >= 15 is 0 Å². The van der Waals surface area contributed by atoms with Crippen molar-refractivity contribution in [2.75, 3.05) is 24.5 Å². The van der Waals surface area contributed by atoms with Gasteiger partial charge in [0.05, 0.1) is 0 Å². The minimum Gasteiger partial charge on any atom is -0.351 e. The lowest BCUT2D eigenvalue weighted by Crippen LogP contribution is -2.55. The Morgan fingerprint density at radius 2 is 2.14 bits per heavy atom. The summed E-state index contributed by atoms with van der Waals surface area (Å²) in [5, 5.41) is 9.17. The van der Waals surface area contributed by atoms with Gasteiger partial charge in [-0.1, -0.05) is 12.2 Å². The van der Waals surface area contributed by atoms with Gasteiger partial charge in [0, 0.05) is 44.1 Å². The van der Waals surface area contributed by atoms with Gasteiger partial charge in [0.15, 0.2) is 11.5 Å². The van der Waals surface area contributed by atoms with Crippen LogP contribution < -0.4 is 4.90 Å². The lowest BCUT2D eigenvalue weighted by molar-refractivity contribution is 0.143. The molecule has 21 heavy (non-hydrogen) atoms. The van der Waals surface area contributed by atoms with E-state index in [1.54, 1.807) is 12.4 Å². The average molecular weight is 283 g/mol. The zero-order chi connectivity index (χ0) is 14.7. The van der Waals surface area contributed by atoms with E-state index in [9.17, 15) is 5.26 Å². The summed E-state index contributed by atoms with van der Waals surface area (Å²) >= 11 is 0. The van der Waals surface area contributed by atoms with Crippen LogP contribution in [0.15, 0.2) is 24.5 Å². The normalized spacial score (nSPS) is 26.6. The molecule has 1 aromatic heterocycles. The van der Waals surface area contributed by atoms with Crippen LogP contribution in [0.2, 0.25) is 0 Å². The number of rotatable bonds is 2. The molecule has 0 bridgehead atoms. The van der Waals surface area contributed by atoms with Crippen LogP contribution in [0, 0.1) is 11.3 Å². The Morgan fingerprint density at radius 3 is 2.86 bits per heavy atom. The van der Waals surface area contributed by atoms with Gasteiger partial charge in [0.1, 0.15) is 6.07 Å². The van der Waals surface area contributed by atoms with Crippen molar-refractivity contribution in [1.82, 2.24) is 14.9 Å². The molecule has 0 spiro atoms. The SMILES string of the molecule is C[C@H]1CN(c2nccnc2C#N)CCN1[C@H]1C=CCCC1. The molecule has 2 heterocycles. The molecule has 1 aromatic rings. The van der Waals surface area contributed by atoms with Gasteiger partial charge in [-0.3, -0.25) is 4.90 Å². The number of aromatic nitrogens is 2. The van der Waals surface area contributed by atoms with Crippen molar-refractivity contribution in [2.45, 2.75) is 38.3 Å². The van der Waals surface area contributed by atoms with Gasteiger partial charge < -0.3 is 4.90 Å². The molecule has 0 aromatic carbocycles. The molecule has 0 unspecified atom stereocenters. The van der Waals surface area contributed by atoms with Crippen LogP contribution in [-0.2, 0) is 0 Å². The van der Waals surface area contributed by atoms with E-state index in [4.69, 9.17) is 0 Å². The van der Waals surface area contributed by atoms with E-state index in [1.165, 1.54) is 19.3 Å². The van der Waals surface area contributed by atoms with Gasteiger partial charge in [0.25, 0.3) is 0 Å². The van der Waals surface area contributed by atoms with Crippen molar-refractivity contribution in [3.05, 3.63) is 30.2 Å². The van der Waals surface area contributed by atoms with Crippen LogP contribution in [0.5, 0.6) is 0 Å². The highest BCUT2D eigenvalue weighted by Crippen LogP contribution is 2.24. The van der Waals surface area contributed by atoms with Crippen molar-refractivity contribution in [1.29, 1.82) is 5.26 Å². The Hall–Kier alpha value is -1.93.